The van der Waals surface area contributed by atoms with E-state index in [2.05, 4.69) is 38.0 Å². The van der Waals surface area contributed by atoms with Crippen molar-refractivity contribution in [2.75, 3.05) is 0 Å². The number of benzene rings is 1. The highest BCUT2D eigenvalue weighted by Gasteiger charge is 2.18. The van der Waals surface area contributed by atoms with Gasteiger partial charge in [0.1, 0.15) is 23.7 Å². The van der Waals surface area contributed by atoms with Gasteiger partial charge in [0.15, 0.2) is 0 Å². The molecule has 0 aliphatic carbocycles. The zero-order valence-electron chi connectivity index (χ0n) is 12.3. The predicted octanol–water partition coefficient (Wildman–Crippen LogP) is 1.74. The highest BCUT2D eigenvalue weighted by Crippen LogP contribution is 2.14. The first-order valence-electron chi connectivity index (χ1n) is 6.99. The summed E-state index contributed by atoms with van der Waals surface area (Å²) in [5, 5.41) is 7.15. The molecule has 0 aliphatic rings. The van der Waals surface area contributed by atoms with Gasteiger partial charge < -0.3 is 5.32 Å². The second-order valence-corrected chi connectivity index (χ2v) is 5.94. The molecule has 1 amide bonds. The van der Waals surface area contributed by atoms with Gasteiger partial charge in [0.25, 0.3) is 5.91 Å². The third kappa shape index (κ3) is 3.11. The van der Waals surface area contributed by atoms with Crippen molar-refractivity contribution in [3.05, 3.63) is 36.4 Å². The topological polar surface area (TPSA) is 85.6 Å². The molecule has 3 aromatic rings. The normalized spacial score (nSPS) is 12.7. The Morgan fingerprint density at radius 2 is 2.14 bits per heavy atom. The Balaban J connectivity index is 1.75. The predicted molar refractivity (Wildman–Crippen MR) is 83.5 cm³/mol. The summed E-state index contributed by atoms with van der Waals surface area (Å²) in [7, 11) is 0. The number of carbonyl (C=O) groups excluding carboxylic acids is 1. The van der Waals surface area contributed by atoms with Crippen molar-refractivity contribution < 1.29 is 4.79 Å². The second-order valence-electron chi connectivity index (χ2n) is 5.41. The van der Waals surface area contributed by atoms with Crippen LogP contribution < -0.4 is 5.32 Å². The van der Waals surface area contributed by atoms with E-state index in [1.165, 1.54) is 6.33 Å². The fourth-order valence-corrected chi connectivity index (χ4v) is 2.64. The van der Waals surface area contributed by atoms with Crippen LogP contribution in [0.15, 0.2) is 30.9 Å². The van der Waals surface area contributed by atoms with E-state index < -0.39 is 0 Å². The standard InChI is InChI=1S/C14H16N6OS/c1-9(2)13(6-20-8-15-7-16-20)17-14(21)10-3-4-11-12(5-10)19-22-18-11/h3-5,7-9,13H,6H2,1-2H3,(H,17,21). The van der Waals surface area contributed by atoms with Gasteiger partial charge in [-0.05, 0) is 24.1 Å². The second kappa shape index (κ2) is 6.18. The van der Waals surface area contributed by atoms with E-state index in [9.17, 15) is 4.79 Å². The molecule has 0 radical (unpaired) electrons. The molecule has 0 bridgehead atoms. The van der Waals surface area contributed by atoms with E-state index in [1.54, 1.807) is 23.1 Å². The number of hydrogen-bond donors (Lipinski definition) is 1. The molecular weight excluding hydrogens is 300 g/mol. The molecule has 0 saturated heterocycles. The van der Waals surface area contributed by atoms with Gasteiger partial charge in [0, 0.05) is 5.56 Å². The fourth-order valence-electron chi connectivity index (χ4n) is 2.13. The van der Waals surface area contributed by atoms with Gasteiger partial charge in [0.05, 0.1) is 24.3 Å². The van der Waals surface area contributed by atoms with E-state index in [-0.39, 0.29) is 17.9 Å². The minimum atomic E-state index is -0.117. The maximum Gasteiger partial charge on any atom is 0.251 e. The molecule has 1 N–H and O–H groups in total. The zero-order chi connectivity index (χ0) is 15.5. The number of rotatable bonds is 5. The van der Waals surface area contributed by atoms with Crippen molar-refractivity contribution in [3.8, 4) is 0 Å². The van der Waals surface area contributed by atoms with Gasteiger partial charge in [-0.15, -0.1) is 0 Å². The van der Waals surface area contributed by atoms with Gasteiger partial charge in [-0.25, -0.2) is 4.98 Å². The maximum absolute atomic E-state index is 12.5. The van der Waals surface area contributed by atoms with Crippen molar-refractivity contribution in [1.29, 1.82) is 0 Å². The average molecular weight is 316 g/mol. The smallest absolute Gasteiger partial charge is 0.251 e. The molecule has 7 nitrogen and oxygen atoms in total. The molecule has 1 atom stereocenters. The molecule has 22 heavy (non-hydrogen) atoms. The first-order valence-corrected chi connectivity index (χ1v) is 7.72. The maximum atomic E-state index is 12.5. The van der Waals surface area contributed by atoms with Crippen LogP contribution in [0.4, 0.5) is 0 Å². The molecule has 2 heterocycles. The van der Waals surface area contributed by atoms with Crippen molar-refractivity contribution >= 4 is 28.7 Å². The van der Waals surface area contributed by atoms with Crippen LogP contribution in [0.1, 0.15) is 24.2 Å². The Kier molecular flexibility index (Phi) is 4.10. The summed E-state index contributed by atoms with van der Waals surface area (Å²) < 4.78 is 10.0. The SMILES string of the molecule is CC(C)C(Cn1cncn1)NC(=O)c1ccc2nsnc2c1. The summed E-state index contributed by atoms with van der Waals surface area (Å²) in [5.74, 6) is 0.159. The first-order chi connectivity index (χ1) is 10.6. The molecule has 0 saturated carbocycles. The third-order valence-electron chi connectivity index (χ3n) is 3.49. The molecule has 3 rings (SSSR count). The quantitative estimate of drug-likeness (QED) is 0.775. The van der Waals surface area contributed by atoms with E-state index in [0.717, 1.165) is 22.8 Å². The molecule has 8 heteroatoms. The van der Waals surface area contributed by atoms with E-state index in [0.29, 0.717) is 12.1 Å². The van der Waals surface area contributed by atoms with Crippen LogP contribution in [0.2, 0.25) is 0 Å². The van der Waals surface area contributed by atoms with E-state index in [4.69, 9.17) is 0 Å². The fraction of sp³-hybridized carbons (Fsp3) is 0.357. The van der Waals surface area contributed by atoms with E-state index >= 15 is 0 Å². The Labute approximate surface area is 131 Å². The van der Waals surface area contributed by atoms with Crippen LogP contribution in [0, 0.1) is 5.92 Å². The summed E-state index contributed by atoms with van der Waals surface area (Å²) >= 11 is 1.14. The summed E-state index contributed by atoms with van der Waals surface area (Å²) in [5.41, 5.74) is 2.14. The monoisotopic (exact) mass is 316 g/mol. The van der Waals surface area contributed by atoms with E-state index in [1.807, 2.05) is 6.07 Å². The minimum absolute atomic E-state index is 0.0292. The van der Waals surface area contributed by atoms with Crippen molar-refractivity contribution in [3.63, 3.8) is 0 Å². The lowest BCUT2D eigenvalue weighted by Crippen LogP contribution is -2.41. The number of nitrogens with zero attached hydrogens (tertiary/aromatic N) is 5. The minimum Gasteiger partial charge on any atom is -0.347 e. The number of amides is 1. The molecule has 1 unspecified atom stereocenters. The van der Waals surface area contributed by atoms with Gasteiger partial charge in [-0.3, -0.25) is 9.48 Å². The average Bonchev–Trinajstić information content (AvgIpc) is 3.16. The third-order valence-corrected chi connectivity index (χ3v) is 4.04. The lowest BCUT2D eigenvalue weighted by molar-refractivity contribution is 0.0919. The number of fused-ring (bicyclic) bond motifs is 1. The van der Waals surface area contributed by atoms with Crippen LogP contribution >= 0.6 is 11.7 Å². The number of nitrogens with one attached hydrogen (secondary N) is 1. The Bertz CT molecular complexity index is 767. The van der Waals surface area contributed by atoms with Crippen LogP contribution in [0.5, 0.6) is 0 Å². The van der Waals surface area contributed by atoms with Gasteiger partial charge >= 0.3 is 0 Å². The number of hydrogen-bond acceptors (Lipinski definition) is 6. The van der Waals surface area contributed by atoms with Crippen LogP contribution in [0.25, 0.3) is 11.0 Å². The largest absolute Gasteiger partial charge is 0.347 e. The first kappa shape index (κ1) is 14.6. The Morgan fingerprint density at radius 1 is 1.32 bits per heavy atom. The van der Waals surface area contributed by atoms with Gasteiger partial charge in [0.2, 0.25) is 0 Å². The lowest BCUT2D eigenvalue weighted by Gasteiger charge is -2.22. The number of aromatic nitrogens is 5. The summed E-state index contributed by atoms with van der Waals surface area (Å²) in [4.78, 5) is 16.4. The Morgan fingerprint density at radius 3 is 2.86 bits per heavy atom. The highest BCUT2D eigenvalue weighted by atomic mass is 32.1. The molecule has 2 aromatic heterocycles. The summed E-state index contributed by atoms with van der Waals surface area (Å²) in [6.07, 6.45) is 3.14. The van der Waals surface area contributed by atoms with Crippen LogP contribution in [-0.4, -0.2) is 35.5 Å². The molecule has 0 aliphatic heterocycles. The molecule has 0 fully saturated rings. The van der Waals surface area contributed by atoms with Crippen molar-refractivity contribution in [2.45, 2.75) is 26.4 Å². The Hall–Kier alpha value is -2.35. The summed E-state index contributed by atoms with van der Waals surface area (Å²) in [6.45, 7) is 4.72. The molecule has 1 aromatic carbocycles. The number of carbonyl (C=O) groups is 1. The molecule has 114 valence electrons. The van der Waals surface area contributed by atoms with Gasteiger partial charge in [-0.1, -0.05) is 13.8 Å². The molecule has 0 spiro atoms. The molecular formula is C14H16N6OS. The van der Waals surface area contributed by atoms with Crippen LogP contribution in [-0.2, 0) is 6.54 Å². The lowest BCUT2D eigenvalue weighted by atomic mass is 10.0. The van der Waals surface area contributed by atoms with Crippen molar-refractivity contribution in [1.82, 2.24) is 28.8 Å². The summed E-state index contributed by atoms with van der Waals surface area (Å²) in [6, 6.07) is 5.32. The zero-order valence-corrected chi connectivity index (χ0v) is 13.1. The highest BCUT2D eigenvalue weighted by molar-refractivity contribution is 7.00. The van der Waals surface area contributed by atoms with Crippen molar-refractivity contribution in [2.24, 2.45) is 5.92 Å². The van der Waals surface area contributed by atoms with Gasteiger partial charge in [-0.2, -0.15) is 13.8 Å². The van der Waals surface area contributed by atoms with Crippen LogP contribution in [0.3, 0.4) is 0 Å².